The molecule has 0 spiro atoms. The Bertz CT molecular complexity index is 380. The second-order valence-electron chi connectivity index (χ2n) is 5.08. The van der Waals surface area contributed by atoms with Crippen LogP contribution in [0.5, 0.6) is 5.75 Å². The SMILES string of the molecule is CCCNC(c1cncc(OCC)c1)C(C)(C)OC. The number of rotatable bonds is 8. The fraction of sp³-hybridized carbons (Fsp3) is 0.667. The van der Waals surface area contributed by atoms with Crippen LogP contribution in [-0.4, -0.2) is 30.8 Å². The first-order chi connectivity index (χ1) is 9.05. The molecule has 19 heavy (non-hydrogen) atoms. The Kier molecular flexibility index (Phi) is 6.25. The van der Waals surface area contributed by atoms with E-state index in [1.807, 2.05) is 19.2 Å². The van der Waals surface area contributed by atoms with E-state index in [1.165, 1.54) is 0 Å². The molecule has 0 bridgehead atoms. The van der Waals surface area contributed by atoms with Crippen LogP contribution in [0.2, 0.25) is 0 Å². The number of nitrogens with one attached hydrogen (secondary N) is 1. The van der Waals surface area contributed by atoms with Crippen LogP contribution in [0.25, 0.3) is 0 Å². The first kappa shape index (κ1) is 15.9. The molecule has 1 heterocycles. The Hall–Kier alpha value is -1.13. The van der Waals surface area contributed by atoms with Crippen molar-refractivity contribution in [2.24, 2.45) is 0 Å². The Morgan fingerprint density at radius 1 is 1.32 bits per heavy atom. The quantitative estimate of drug-likeness (QED) is 0.785. The van der Waals surface area contributed by atoms with E-state index in [0.717, 1.165) is 24.3 Å². The summed E-state index contributed by atoms with van der Waals surface area (Å²) >= 11 is 0. The van der Waals surface area contributed by atoms with E-state index in [0.29, 0.717) is 6.61 Å². The standard InChI is InChI=1S/C15H26N2O2/c1-6-8-17-14(15(3,4)18-5)12-9-13(19-7-2)11-16-10-12/h9-11,14,17H,6-8H2,1-5H3. The van der Waals surface area contributed by atoms with Crippen molar-refractivity contribution in [3.63, 3.8) is 0 Å². The predicted octanol–water partition coefficient (Wildman–Crippen LogP) is 2.95. The van der Waals surface area contributed by atoms with Crippen LogP contribution in [0.15, 0.2) is 18.5 Å². The fourth-order valence-electron chi connectivity index (χ4n) is 2.01. The van der Waals surface area contributed by atoms with Gasteiger partial charge in [-0.05, 0) is 45.4 Å². The normalized spacial score (nSPS) is 13.3. The highest BCUT2D eigenvalue weighted by atomic mass is 16.5. The van der Waals surface area contributed by atoms with Gasteiger partial charge in [-0.3, -0.25) is 4.98 Å². The van der Waals surface area contributed by atoms with Crippen molar-refractivity contribution in [2.75, 3.05) is 20.3 Å². The molecule has 0 aliphatic heterocycles. The van der Waals surface area contributed by atoms with Crippen molar-refractivity contribution in [2.45, 2.75) is 45.8 Å². The smallest absolute Gasteiger partial charge is 0.137 e. The lowest BCUT2D eigenvalue weighted by Crippen LogP contribution is -2.41. The van der Waals surface area contributed by atoms with E-state index in [4.69, 9.17) is 9.47 Å². The first-order valence-corrected chi connectivity index (χ1v) is 6.91. The summed E-state index contributed by atoms with van der Waals surface area (Å²) < 4.78 is 11.1. The minimum atomic E-state index is -0.304. The van der Waals surface area contributed by atoms with Gasteiger partial charge in [0, 0.05) is 13.3 Å². The van der Waals surface area contributed by atoms with Gasteiger partial charge in [0.2, 0.25) is 0 Å². The number of methoxy groups -OCH3 is 1. The van der Waals surface area contributed by atoms with Gasteiger partial charge in [0.25, 0.3) is 0 Å². The van der Waals surface area contributed by atoms with Crippen molar-refractivity contribution < 1.29 is 9.47 Å². The van der Waals surface area contributed by atoms with E-state index in [-0.39, 0.29) is 11.6 Å². The van der Waals surface area contributed by atoms with Crippen molar-refractivity contribution >= 4 is 0 Å². The Morgan fingerprint density at radius 2 is 2.05 bits per heavy atom. The van der Waals surface area contributed by atoms with Crippen LogP contribution in [0.1, 0.15) is 45.7 Å². The summed E-state index contributed by atoms with van der Waals surface area (Å²) in [5, 5.41) is 3.53. The molecule has 108 valence electrons. The summed E-state index contributed by atoms with van der Waals surface area (Å²) in [4.78, 5) is 4.26. The molecule has 1 N–H and O–H groups in total. The van der Waals surface area contributed by atoms with Crippen LogP contribution in [0, 0.1) is 0 Å². The lowest BCUT2D eigenvalue weighted by atomic mass is 9.92. The van der Waals surface area contributed by atoms with E-state index in [2.05, 4.69) is 31.1 Å². The molecule has 0 saturated heterocycles. The molecule has 0 saturated carbocycles. The monoisotopic (exact) mass is 266 g/mol. The van der Waals surface area contributed by atoms with Crippen molar-refractivity contribution in [3.8, 4) is 5.75 Å². The number of nitrogens with zero attached hydrogens (tertiary/aromatic N) is 1. The van der Waals surface area contributed by atoms with Crippen LogP contribution < -0.4 is 10.1 Å². The van der Waals surface area contributed by atoms with Gasteiger partial charge in [0.1, 0.15) is 5.75 Å². The molecule has 1 unspecified atom stereocenters. The van der Waals surface area contributed by atoms with Gasteiger partial charge in [-0.1, -0.05) is 6.92 Å². The second kappa shape index (κ2) is 7.46. The fourth-order valence-corrected chi connectivity index (χ4v) is 2.01. The van der Waals surface area contributed by atoms with Crippen LogP contribution in [-0.2, 0) is 4.74 Å². The number of hydrogen-bond acceptors (Lipinski definition) is 4. The first-order valence-electron chi connectivity index (χ1n) is 6.91. The lowest BCUT2D eigenvalue weighted by Gasteiger charge is -2.34. The van der Waals surface area contributed by atoms with E-state index in [9.17, 15) is 0 Å². The highest BCUT2D eigenvalue weighted by Crippen LogP contribution is 2.29. The minimum Gasteiger partial charge on any atom is -0.492 e. The van der Waals surface area contributed by atoms with Crippen molar-refractivity contribution in [3.05, 3.63) is 24.0 Å². The van der Waals surface area contributed by atoms with Gasteiger partial charge in [-0.15, -0.1) is 0 Å². The van der Waals surface area contributed by atoms with Gasteiger partial charge in [-0.25, -0.2) is 0 Å². The summed E-state index contributed by atoms with van der Waals surface area (Å²) in [5.74, 6) is 0.801. The van der Waals surface area contributed by atoms with Crippen LogP contribution in [0.3, 0.4) is 0 Å². The lowest BCUT2D eigenvalue weighted by molar-refractivity contribution is -0.0112. The van der Waals surface area contributed by atoms with Gasteiger partial charge in [0.05, 0.1) is 24.4 Å². The topological polar surface area (TPSA) is 43.4 Å². The summed E-state index contributed by atoms with van der Waals surface area (Å²) in [6, 6.07) is 2.12. The van der Waals surface area contributed by atoms with Gasteiger partial charge < -0.3 is 14.8 Å². The maximum atomic E-state index is 5.62. The Labute approximate surface area is 116 Å². The molecule has 1 aromatic heterocycles. The van der Waals surface area contributed by atoms with E-state index < -0.39 is 0 Å². The maximum absolute atomic E-state index is 5.62. The molecular weight excluding hydrogens is 240 g/mol. The zero-order chi connectivity index (χ0) is 14.3. The predicted molar refractivity (Wildman–Crippen MR) is 77.5 cm³/mol. The minimum absolute atomic E-state index is 0.0883. The Morgan fingerprint density at radius 3 is 2.63 bits per heavy atom. The molecule has 1 atom stereocenters. The number of pyridine rings is 1. The molecular formula is C15H26N2O2. The van der Waals surface area contributed by atoms with Crippen LogP contribution >= 0.6 is 0 Å². The zero-order valence-corrected chi connectivity index (χ0v) is 12.7. The molecule has 0 aliphatic carbocycles. The number of ether oxygens (including phenoxy) is 2. The summed E-state index contributed by atoms with van der Waals surface area (Å²) in [7, 11) is 1.74. The molecule has 0 aromatic carbocycles. The molecule has 4 heteroatoms. The summed E-state index contributed by atoms with van der Waals surface area (Å²) in [5.41, 5.74) is 0.785. The average Bonchev–Trinajstić information content (AvgIpc) is 2.40. The maximum Gasteiger partial charge on any atom is 0.137 e. The molecule has 1 rings (SSSR count). The molecule has 0 aliphatic rings. The van der Waals surface area contributed by atoms with Crippen molar-refractivity contribution in [1.82, 2.24) is 10.3 Å². The summed E-state index contributed by atoms with van der Waals surface area (Å²) in [6.07, 6.45) is 4.69. The average molecular weight is 266 g/mol. The molecule has 0 fully saturated rings. The van der Waals surface area contributed by atoms with Gasteiger partial charge >= 0.3 is 0 Å². The summed E-state index contributed by atoms with van der Waals surface area (Å²) in [6.45, 7) is 9.86. The van der Waals surface area contributed by atoms with E-state index in [1.54, 1.807) is 13.3 Å². The highest BCUT2D eigenvalue weighted by Gasteiger charge is 2.30. The second-order valence-corrected chi connectivity index (χ2v) is 5.08. The van der Waals surface area contributed by atoms with Gasteiger partial charge in [-0.2, -0.15) is 0 Å². The van der Waals surface area contributed by atoms with E-state index >= 15 is 0 Å². The molecule has 1 aromatic rings. The molecule has 4 nitrogen and oxygen atoms in total. The van der Waals surface area contributed by atoms with Crippen molar-refractivity contribution in [1.29, 1.82) is 0 Å². The molecule has 0 amide bonds. The molecule has 0 radical (unpaired) electrons. The third-order valence-electron chi connectivity index (χ3n) is 3.20. The zero-order valence-electron chi connectivity index (χ0n) is 12.7. The van der Waals surface area contributed by atoms with Gasteiger partial charge in [0.15, 0.2) is 0 Å². The third-order valence-corrected chi connectivity index (χ3v) is 3.20. The highest BCUT2D eigenvalue weighted by molar-refractivity contribution is 5.27. The number of hydrogen-bond donors (Lipinski definition) is 1. The largest absolute Gasteiger partial charge is 0.492 e. The number of aromatic nitrogens is 1. The Balaban J connectivity index is 2.99. The third kappa shape index (κ3) is 4.48. The van der Waals surface area contributed by atoms with Crippen LogP contribution in [0.4, 0.5) is 0 Å².